The lowest BCUT2D eigenvalue weighted by Crippen LogP contribution is -2.54. The van der Waals surface area contributed by atoms with Gasteiger partial charge in [-0.05, 0) is 62.7 Å². The molecule has 2 saturated carbocycles. The zero-order chi connectivity index (χ0) is 18.7. The number of epoxide rings is 1. The molecule has 1 spiro atoms. The van der Waals surface area contributed by atoms with E-state index in [0.29, 0.717) is 41.6 Å². The van der Waals surface area contributed by atoms with Crippen molar-refractivity contribution in [2.45, 2.75) is 71.4 Å². The van der Waals surface area contributed by atoms with Gasteiger partial charge >= 0.3 is 0 Å². The summed E-state index contributed by atoms with van der Waals surface area (Å²) < 4.78 is 18.8. The zero-order valence-corrected chi connectivity index (χ0v) is 17.2. The van der Waals surface area contributed by atoms with Crippen LogP contribution in [0.2, 0.25) is 0 Å². The fourth-order valence-corrected chi connectivity index (χ4v) is 6.52. The van der Waals surface area contributed by atoms with Crippen LogP contribution in [-0.2, 0) is 14.2 Å². The fourth-order valence-electron chi connectivity index (χ4n) is 6.52. The van der Waals surface area contributed by atoms with Crippen molar-refractivity contribution < 1.29 is 14.2 Å². The van der Waals surface area contributed by atoms with E-state index in [1.807, 2.05) is 0 Å². The van der Waals surface area contributed by atoms with Gasteiger partial charge in [0.05, 0.1) is 24.9 Å². The lowest BCUT2D eigenvalue weighted by molar-refractivity contribution is -0.215. The van der Waals surface area contributed by atoms with Gasteiger partial charge in [-0.2, -0.15) is 0 Å². The second kappa shape index (κ2) is 6.46. The van der Waals surface area contributed by atoms with Crippen LogP contribution in [0.3, 0.4) is 0 Å². The van der Waals surface area contributed by atoms with E-state index in [2.05, 4.69) is 53.3 Å². The summed E-state index contributed by atoms with van der Waals surface area (Å²) in [5.74, 6) is 2.98. The van der Waals surface area contributed by atoms with Crippen LogP contribution in [0, 0.1) is 35.5 Å². The Balaban J connectivity index is 1.74. The highest BCUT2D eigenvalue weighted by Gasteiger charge is 2.68. The van der Waals surface area contributed by atoms with Crippen molar-refractivity contribution in [3.63, 3.8) is 0 Å². The third-order valence-corrected chi connectivity index (χ3v) is 7.91. The molecule has 2 aliphatic heterocycles. The summed E-state index contributed by atoms with van der Waals surface area (Å²) in [6.07, 6.45) is 8.03. The second-order valence-corrected chi connectivity index (χ2v) is 9.67. The summed E-state index contributed by atoms with van der Waals surface area (Å²) in [5, 5.41) is 0. The number of rotatable bonds is 4. The molecule has 0 bridgehead atoms. The fraction of sp³-hybridized carbons (Fsp3) is 0.826. The minimum Gasteiger partial charge on any atom is -0.366 e. The Morgan fingerprint density at radius 1 is 1.15 bits per heavy atom. The van der Waals surface area contributed by atoms with Gasteiger partial charge < -0.3 is 14.2 Å². The summed E-state index contributed by atoms with van der Waals surface area (Å²) in [6, 6.07) is 0. The van der Waals surface area contributed by atoms with Crippen LogP contribution in [0.25, 0.3) is 0 Å². The first-order chi connectivity index (χ1) is 12.3. The smallest absolute Gasteiger partial charge is 0.169 e. The Bertz CT molecular complexity index is 588. The van der Waals surface area contributed by atoms with Crippen molar-refractivity contribution in [3.05, 3.63) is 24.3 Å². The average Bonchev–Trinajstić information content (AvgIpc) is 3.08. The molecule has 0 aromatic heterocycles. The number of hydrogen-bond donors (Lipinski definition) is 0. The molecule has 2 aliphatic carbocycles. The Morgan fingerprint density at radius 3 is 2.42 bits per heavy atom. The molecule has 0 amide bonds. The first-order valence-corrected chi connectivity index (χ1v) is 10.6. The normalized spacial score (nSPS) is 45.3. The van der Waals surface area contributed by atoms with Crippen molar-refractivity contribution in [1.29, 1.82) is 0 Å². The van der Waals surface area contributed by atoms with E-state index in [1.165, 1.54) is 5.57 Å². The Labute approximate surface area is 159 Å². The largest absolute Gasteiger partial charge is 0.366 e. The summed E-state index contributed by atoms with van der Waals surface area (Å²) in [6.45, 7) is 17.1. The van der Waals surface area contributed by atoms with Gasteiger partial charge in [-0.3, -0.25) is 0 Å². The molecule has 146 valence electrons. The van der Waals surface area contributed by atoms with E-state index >= 15 is 0 Å². The van der Waals surface area contributed by atoms with Crippen molar-refractivity contribution in [3.8, 4) is 0 Å². The SMILES string of the molecule is C=C[C@H](C(C)C)[C@@H]1C[C@@]2(C)O[C@H]2[C@H]2[C@@H]1CC1(C[C@H]2/C(C)=C/C)OCCO1. The highest BCUT2D eigenvalue weighted by molar-refractivity contribution is 5.21. The van der Waals surface area contributed by atoms with Crippen LogP contribution >= 0.6 is 0 Å². The lowest BCUT2D eigenvalue weighted by atomic mass is 9.53. The number of fused-ring (bicyclic) bond motifs is 3. The lowest BCUT2D eigenvalue weighted by Gasteiger charge is -2.52. The number of hydrogen-bond acceptors (Lipinski definition) is 3. The molecule has 4 fully saturated rings. The van der Waals surface area contributed by atoms with Crippen molar-refractivity contribution in [2.24, 2.45) is 35.5 Å². The molecule has 0 unspecified atom stereocenters. The second-order valence-electron chi connectivity index (χ2n) is 9.67. The van der Waals surface area contributed by atoms with Crippen LogP contribution in [0.5, 0.6) is 0 Å². The monoisotopic (exact) mass is 360 g/mol. The first-order valence-electron chi connectivity index (χ1n) is 10.6. The van der Waals surface area contributed by atoms with Gasteiger partial charge in [-0.1, -0.05) is 31.6 Å². The van der Waals surface area contributed by atoms with E-state index in [-0.39, 0.29) is 11.4 Å². The molecule has 0 aromatic carbocycles. The molecule has 4 rings (SSSR count). The van der Waals surface area contributed by atoms with E-state index in [1.54, 1.807) is 0 Å². The van der Waals surface area contributed by atoms with E-state index < -0.39 is 0 Å². The predicted octanol–water partition coefficient (Wildman–Crippen LogP) is 4.97. The molecule has 0 aromatic rings. The minimum atomic E-state index is -0.375. The van der Waals surface area contributed by atoms with Gasteiger partial charge in [0, 0.05) is 12.8 Å². The van der Waals surface area contributed by atoms with E-state index in [0.717, 1.165) is 32.5 Å². The van der Waals surface area contributed by atoms with Gasteiger partial charge in [-0.15, -0.1) is 6.58 Å². The van der Waals surface area contributed by atoms with Gasteiger partial charge in [0.15, 0.2) is 5.79 Å². The van der Waals surface area contributed by atoms with Crippen LogP contribution in [0.4, 0.5) is 0 Å². The molecule has 3 nitrogen and oxygen atoms in total. The molecule has 2 saturated heterocycles. The minimum absolute atomic E-state index is 0.0656. The number of allylic oxidation sites excluding steroid dienone is 3. The maximum absolute atomic E-state index is 6.37. The molecule has 2 heterocycles. The topological polar surface area (TPSA) is 31.0 Å². The third-order valence-electron chi connectivity index (χ3n) is 7.91. The molecule has 0 radical (unpaired) electrons. The van der Waals surface area contributed by atoms with Crippen molar-refractivity contribution >= 4 is 0 Å². The quantitative estimate of drug-likeness (QED) is 0.524. The summed E-state index contributed by atoms with van der Waals surface area (Å²) in [7, 11) is 0. The average molecular weight is 361 g/mol. The number of ether oxygens (including phenoxy) is 3. The highest BCUT2D eigenvalue weighted by atomic mass is 16.7. The van der Waals surface area contributed by atoms with Gasteiger partial charge in [0.1, 0.15) is 0 Å². The molecule has 4 aliphatic rings. The van der Waals surface area contributed by atoms with Crippen LogP contribution < -0.4 is 0 Å². The Hall–Kier alpha value is -0.640. The van der Waals surface area contributed by atoms with Gasteiger partial charge in [0.25, 0.3) is 0 Å². The predicted molar refractivity (Wildman–Crippen MR) is 104 cm³/mol. The Morgan fingerprint density at radius 2 is 1.85 bits per heavy atom. The maximum Gasteiger partial charge on any atom is 0.169 e. The maximum atomic E-state index is 6.37. The van der Waals surface area contributed by atoms with Crippen LogP contribution in [0.1, 0.15) is 53.9 Å². The standard InChI is InChI=1S/C23H36O3/c1-7-15(5)17-12-23(24-9-10-25-23)13-19-18(16(8-2)14(3)4)11-22(6)21(26-22)20(17)19/h7-8,14,16-21H,2,9-13H2,1,3-6H3/b15-7+/t16-,17+,18+,19-,20-,21+,22-/m1/s1. The highest BCUT2D eigenvalue weighted by Crippen LogP contribution is 2.64. The van der Waals surface area contributed by atoms with Crippen LogP contribution in [-0.4, -0.2) is 30.7 Å². The van der Waals surface area contributed by atoms with Gasteiger partial charge in [-0.25, -0.2) is 0 Å². The summed E-state index contributed by atoms with van der Waals surface area (Å²) >= 11 is 0. The molecular formula is C23H36O3. The van der Waals surface area contributed by atoms with E-state index in [4.69, 9.17) is 14.2 Å². The van der Waals surface area contributed by atoms with Crippen molar-refractivity contribution in [2.75, 3.05) is 13.2 Å². The van der Waals surface area contributed by atoms with Gasteiger partial charge in [0.2, 0.25) is 0 Å². The van der Waals surface area contributed by atoms with Crippen LogP contribution in [0.15, 0.2) is 24.3 Å². The summed E-state index contributed by atoms with van der Waals surface area (Å²) in [5.41, 5.74) is 1.53. The first kappa shape index (κ1) is 18.7. The molecule has 0 N–H and O–H groups in total. The Kier molecular flexibility index (Phi) is 4.65. The molecule has 26 heavy (non-hydrogen) atoms. The van der Waals surface area contributed by atoms with E-state index in [9.17, 15) is 0 Å². The molecule has 7 atom stereocenters. The third kappa shape index (κ3) is 2.82. The molecular weight excluding hydrogens is 324 g/mol. The van der Waals surface area contributed by atoms with Crippen molar-refractivity contribution in [1.82, 2.24) is 0 Å². The zero-order valence-electron chi connectivity index (χ0n) is 17.2. The summed E-state index contributed by atoms with van der Waals surface area (Å²) in [4.78, 5) is 0. The molecule has 3 heteroatoms.